The summed E-state index contributed by atoms with van der Waals surface area (Å²) >= 11 is 3.49. The van der Waals surface area contributed by atoms with Crippen LogP contribution in [-0.2, 0) is 7.05 Å². The van der Waals surface area contributed by atoms with Gasteiger partial charge in [-0.15, -0.1) is 0 Å². The Hall–Kier alpha value is -1.82. The molecule has 6 heteroatoms. The van der Waals surface area contributed by atoms with Crippen LogP contribution >= 0.6 is 15.9 Å². The zero-order chi connectivity index (χ0) is 15.0. The summed E-state index contributed by atoms with van der Waals surface area (Å²) in [6.45, 7) is 5.56. The maximum absolute atomic E-state index is 11.3. The highest BCUT2D eigenvalue weighted by molar-refractivity contribution is 9.10. The molecule has 0 radical (unpaired) electrons. The Balaban J connectivity index is 2.48. The zero-order valence-electron chi connectivity index (χ0n) is 11.7. The third-order valence-electron chi connectivity index (χ3n) is 3.01. The highest BCUT2D eigenvalue weighted by Gasteiger charge is 2.21. The summed E-state index contributed by atoms with van der Waals surface area (Å²) in [5.74, 6) is -0.221. The lowest BCUT2D eigenvalue weighted by atomic mass is 10.1. The lowest BCUT2D eigenvalue weighted by Gasteiger charge is -2.10. The Morgan fingerprint density at radius 2 is 1.85 bits per heavy atom. The minimum Gasteiger partial charge on any atom is -0.477 e. The number of benzene rings is 1. The second-order valence-electron chi connectivity index (χ2n) is 4.67. The van der Waals surface area contributed by atoms with Gasteiger partial charge in [0.2, 0.25) is 5.88 Å². The fraction of sp³-hybridized carbons (Fsp3) is 0.286. The minimum atomic E-state index is -1.05. The molecule has 2 aromatic rings. The SMILES string of the molecule is Cc1cc(Oc2c(C(=O)O)c(C)nn2C)cc(C)c1Br. The Morgan fingerprint density at radius 3 is 2.35 bits per heavy atom. The van der Waals surface area contributed by atoms with Crippen LogP contribution < -0.4 is 4.74 Å². The number of carboxylic acids is 1. The Morgan fingerprint density at radius 1 is 1.30 bits per heavy atom. The van der Waals surface area contributed by atoms with Crippen LogP contribution in [0.3, 0.4) is 0 Å². The highest BCUT2D eigenvalue weighted by atomic mass is 79.9. The number of hydrogen-bond donors (Lipinski definition) is 1. The van der Waals surface area contributed by atoms with E-state index in [1.807, 2.05) is 26.0 Å². The van der Waals surface area contributed by atoms with E-state index in [0.29, 0.717) is 11.4 Å². The van der Waals surface area contributed by atoms with Gasteiger partial charge in [0.15, 0.2) is 0 Å². The first-order chi connectivity index (χ1) is 9.31. The standard InChI is InChI=1S/C14H15BrN2O3/c1-7-5-10(6-8(2)12(7)15)20-13-11(14(18)19)9(3)16-17(13)4/h5-6H,1-4H3,(H,18,19). The summed E-state index contributed by atoms with van der Waals surface area (Å²) < 4.78 is 8.19. The van der Waals surface area contributed by atoms with Crippen LogP contribution in [0.2, 0.25) is 0 Å². The van der Waals surface area contributed by atoms with Gasteiger partial charge in [-0.3, -0.25) is 0 Å². The number of ether oxygens (including phenoxy) is 1. The average Bonchev–Trinajstić information content (AvgIpc) is 2.61. The van der Waals surface area contributed by atoms with Gasteiger partial charge in [-0.25, -0.2) is 9.48 Å². The van der Waals surface area contributed by atoms with Gasteiger partial charge in [-0.05, 0) is 44.0 Å². The van der Waals surface area contributed by atoms with Crippen molar-refractivity contribution in [2.75, 3.05) is 0 Å². The van der Waals surface area contributed by atoms with Gasteiger partial charge in [0.05, 0.1) is 5.69 Å². The predicted molar refractivity (Wildman–Crippen MR) is 78.6 cm³/mol. The van der Waals surface area contributed by atoms with Gasteiger partial charge in [0.25, 0.3) is 0 Å². The van der Waals surface area contributed by atoms with Crippen LogP contribution in [0.5, 0.6) is 11.6 Å². The largest absolute Gasteiger partial charge is 0.477 e. The zero-order valence-corrected chi connectivity index (χ0v) is 13.3. The second kappa shape index (κ2) is 5.28. The molecule has 20 heavy (non-hydrogen) atoms. The molecule has 0 aliphatic rings. The lowest BCUT2D eigenvalue weighted by Crippen LogP contribution is -2.02. The average molecular weight is 339 g/mol. The van der Waals surface area contributed by atoms with E-state index in [1.54, 1.807) is 14.0 Å². The van der Waals surface area contributed by atoms with Crippen LogP contribution in [0, 0.1) is 20.8 Å². The van der Waals surface area contributed by atoms with Gasteiger partial charge >= 0.3 is 5.97 Å². The van der Waals surface area contributed by atoms with E-state index in [-0.39, 0.29) is 11.4 Å². The molecule has 0 saturated heterocycles. The maximum Gasteiger partial charge on any atom is 0.343 e. The van der Waals surface area contributed by atoms with Crippen molar-refractivity contribution in [3.63, 3.8) is 0 Å². The van der Waals surface area contributed by atoms with E-state index in [1.165, 1.54) is 4.68 Å². The van der Waals surface area contributed by atoms with E-state index in [0.717, 1.165) is 15.6 Å². The number of carbonyl (C=O) groups is 1. The van der Waals surface area contributed by atoms with Crippen LogP contribution in [-0.4, -0.2) is 20.9 Å². The normalized spacial score (nSPS) is 10.7. The smallest absolute Gasteiger partial charge is 0.343 e. The quantitative estimate of drug-likeness (QED) is 0.928. The molecule has 5 nitrogen and oxygen atoms in total. The molecule has 1 aromatic heterocycles. The van der Waals surface area contributed by atoms with Crippen LogP contribution in [0.25, 0.3) is 0 Å². The molecule has 0 bridgehead atoms. The van der Waals surface area contributed by atoms with Crippen molar-refractivity contribution in [2.24, 2.45) is 7.05 Å². The number of aryl methyl sites for hydroxylation is 4. The fourth-order valence-corrected chi connectivity index (χ4v) is 2.31. The van der Waals surface area contributed by atoms with Gasteiger partial charge in [0.1, 0.15) is 11.3 Å². The summed E-state index contributed by atoms with van der Waals surface area (Å²) in [6, 6.07) is 3.70. The van der Waals surface area contributed by atoms with Crippen LogP contribution in [0.1, 0.15) is 27.2 Å². The molecule has 106 valence electrons. The van der Waals surface area contributed by atoms with E-state index in [2.05, 4.69) is 21.0 Å². The molecule has 0 saturated carbocycles. The number of rotatable bonds is 3. The summed E-state index contributed by atoms with van der Waals surface area (Å²) in [6.07, 6.45) is 0. The summed E-state index contributed by atoms with van der Waals surface area (Å²) in [5, 5.41) is 13.3. The molecule has 1 heterocycles. The number of hydrogen-bond acceptors (Lipinski definition) is 3. The first-order valence-electron chi connectivity index (χ1n) is 6.02. The molecule has 0 fully saturated rings. The summed E-state index contributed by atoms with van der Waals surface area (Å²) in [7, 11) is 1.66. The maximum atomic E-state index is 11.3. The predicted octanol–water partition coefficient (Wildman–Crippen LogP) is 3.60. The molecular weight excluding hydrogens is 324 g/mol. The first kappa shape index (κ1) is 14.6. The van der Waals surface area contributed by atoms with Crippen molar-refractivity contribution >= 4 is 21.9 Å². The van der Waals surface area contributed by atoms with Crippen molar-refractivity contribution in [1.82, 2.24) is 9.78 Å². The molecule has 0 atom stereocenters. The molecule has 0 aliphatic heterocycles. The van der Waals surface area contributed by atoms with Gasteiger partial charge in [-0.1, -0.05) is 15.9 Å². The highest BCUT2D eigenvalue weighted by Crippen LogP contribution is 2.31. The molecule has 0 amide bonds. The van der Waals surface area contributed by atoms with Crippen molar-refractivity contribution in [2.45, 2.75) is 20.8 Å². The van der Waals surface area contributed by atoms with Gasteiger partial charge < -0.3 is 9.84 Å². The Bertz CT molecular complexity index is 669. The lowest BCUT2D eigenvalue weighted by molar-refractivity contribution is 0.0693. The molecule has 1 N–H and O–H groups in total. The van der Waals surface area contributed by atoms with Gasteiger partial charge in [0, 0.05) is 11.5 Å². The summed E-state index contributed by atoms with van der Waals surface area (Å²) in [4.78, 5) is 11.3. The fourth-order valence-electron chi connectivity index (χ4n) is 2.08. The van der Waals surface area contributed by atoms with Crippen LogP contribution in [0.15, 0.2) is 16.6 Å². The first-order valence-corrected chi connectivity index (χ1v) is 6.82. The van der Waals surface area contributed by atoms with Crippen molar-refractivity contribution < 1.29 is 14.6 Å². The topological polar surface area (TPSA) is 64.3 Å². The second-order valence-corrected chi connectivity index (χ2v) is 5.46. The molecule has 1 aromatic carbocycles. The molecule has 0 spiro atoms. The van der Waals surface area contributed by atoms with Crippen molar-refractivity contribution in [3.05, 3.63) is 39.0 Å². The molecular formula is C14H15BrN2O3. The van der Waals surface area contributed by atoms with E-state index in [4.69, 9.17) is 4.74 Å². The van der Waals surface area contributed by atoms with Crippen molar-refractivity contribution in [1.29, 1.82) is 0 Å². The van der Waals surface area contributed by atoms with Crippen molar-refractivity contribution in [3.8, 4) is 11.6 Å². The molecule has 0 unspecified atom stereocenters. The monoisotopic (exact) mass is 338 g/mol. The number of nitrogens with zero attached hydrogens (tertiary/aromatic N) is 2. The minimum absolute atomic E-state index is 0.0886. The van der Waals surface area contributed by atoms with E-state index >= 15 is 0 Å². The molecule has 0 aliphatic carbocycles. The van der Waals surface area contributed by atoms with E-state index in [9.17, 15) is 9.90 Å². The molecule has 2 rings (SSSR count). The number of aromatic carboxylic acids is 1. The van der Waals surface area contributed by atoms with Crippen LogP contribution in [0.4, 0.5) is 0 Å². The summed E-state index contributed by atoms with van der Waals surface area (Å²) in [5.41, 5.74) is 2.57. The Kier molecular flexibility index (Phi) is 3.85. The van der Waals surface area contributed by atoms with Gasteiger partial charge in [-0.2, -0.15) is 5.10 Å². The number of halogens is 1. The Labute approximate surface area is 125 Å². The number of aromatic nitrogens is 2. The van der Waals surface area contributed by atoms with E-state index < -0.39 is 5.97 Å². The number of carboxylic acid groups (broad SMARTS) is 1. The third kappa shape index (κ3) is 2.56. The third-order valence-corrected chi connectivity index (χ3v) is 4.26.